The minimum Gasteiger partial charge on any atom is -0.309 e. The number of hydrogen-bond acceptors (Lipinski definition) is 3. The van der Waals surface area contributed by atoms with Crippen molar-refractivity contribution in [3.63, 3.8) is 0 Å². The van der Waals surface area contributed by atoms with Crippen LogP contribution in [0.4, 0.5) is 0 Å². The van der Waals surface area contributed by atoms with Gasteiger partial charge in [-0.1, -0.05) is 19.1 Å². The van der Waals surface area contributed by atoms with Crippen molar-refractivity contribution in [2.45, 2.75) is 31.6 Å². The summed E-state index contributed by atoms with van der Waals surface area (Å²) in [5.74, 6) is 3.89. The first kappa shape index (κ1) is 12.5. The Morgan fingerprint density at radius 2 is 2.36 bits per heavy atom. The molecule has 0 bridgehead atoms. The Balaban J connectivity index is 2.43. The van der Waals surface area contributed by atoms with Crippen LogP contribution in [0.3, 0.4) is 0 Å². The Labute approximate surface area is 96.5 Å². The van der Waals surface area contributed by atoms with Crippen LogP contribution in [0.1, 0.15) is 20.3 Å². The quantitative estimate of drug-likeness (QED) is 0.731. The van der Waals surface area contributed by atoms with Gasteiger partial charge in [0.2, 0.25) is 0 Å². The van der Waals surface area contributed by atoms with E-state index in [-0.39, 0.29) is 0 Å². The Bertz CT molecular complexity index is 176. The minimum atomic E-state index is 0.521. The van der Waals surface area contributed by atoms with Crippen molar-refractivity contribution >= 4 is 23.5 Å². The van der Waals surface area contributed by atoms with Crippen molar-refractivity contribution in [1.29, 1.82) is 0 Å². The van der Waals surface area contributed by atoms with Crippen LogP contribution in [0.5, 0.6) is 0 Å². The molecule has 2 unspecified atom stereocenters. The predicted octanol–water partition coefficient (Wildman–Crippen LogP) is 2.78. The first-order chi connectivity index (χ1) is 6.75. The van der Waals surface area contributed by atoms with Crippen molar-refractivity contribution in [2.75, 3.05) is 23.8 Å². The summed E-state index contributed by atoms with van der Waals surface area (Å²) < 4.78 is 0. The van der Waals surface area contributed by atoms with Crippen LogP contribution in [0, 0.1) is 0 Å². The maximum atomic E-state index is 4.10. The third-order valence-corrected chi connectivity index (χ3v) is 5.22. The molecule has 2 atom stereocenters. The van der Waals surface area contributed by atoms with Gasteiger partial charge in [-0.25, -0.2) is 0 Å². The highest BCUT2D eigenvalue weighted by Gasteiger charge is 2.24. The highest BCUT2D eigenvalue weighted by molar-refractivity contribution is 8.06. The molecular weight excluding hydrogens is 210 g/mol. The maximum Gasteiger partial charge on any atom is 0.0402 e. The number of rotatable bonds is 5. The predicted molar refractivity (Wildman–Crippen MR) is 70.5 cm³/mol. The van der Waals surface area contributed by atoms with E-state index in [4.69, 9.17) is 0 Å². The molecule has 0 aromatic rings. The zero-order valence-electron chi connectivity index (χ0n) is 9.21. The summed E-state index contributed by atoms with van der Waals surface area (Å²) in [6, 6.07) is 0.521. The largest absolute Gasteiger partial charge is 0.309 e. The fourth-order valence-corrected chi connectivity index (χ4v) is 4.57. The minimum absolute atomic E-state index is 0.521. The molecule has 14 heavy (non-hydrogen) atoms. The maximum absolute atomic E-state index is 4.10. The van der Waals surface area contributed by atoms with Crippen LogP contribution in [-0.4, -0.2) is 35.1 Å². The highest BCUT2D eigenvalue weighted by Crippen LogP contribution is 2.28. The van der Waals surface area contributed by atoms with Gasteiger partial charge in [-0.2, -0.15) is 23.5 Å². The van der Waals surface area contributed by atoms with Crippen molar-refractivity contribution in [2.24, 2.45) is 0 Å². The lowest BCUT2D eigenvalue weighted by molar-refractivity contribution is 0.564. The van der Waals surface area contributed by atoms with Crippen LogP contribution < -0.4 is 5.32 Å². The first-order valence-electron chi connectivity index (χ1n) is 5.33. The highest BCUT2D eigenvalue weighted by atomic mass is 32.2. The molecule has 1 saturated heterocycles. The molecule has 1 fully saturated rings. The van der Waals surface area contributed by atoms with Crippen molar-refractivity contribution in [1.82, 2.24) is 5.32 Å². The lowest BCUT2D eigenvalue weighted by atomic mass is 10.1. The van der Waals surface area contributed by atoms with Crippen LogP contribution >= 0.6 is 23.5 Å². The summed E-state index contributed by atoms with van der Waals surface area (Å²) in [4.78, 5) is 0. The van der Waals surface area contributed by atoms with Crippen LogP contribution in [0.25, 0.3) is 0 Å². The summed E-state index contributed by atoms with van der Waals surface area (Å²) >= 11 is 4.19. The van der Waals surface area contributed by atoms with E-state index in [2.05, 4.69) is 49.3 Å². The zero-order valence-corrected chi connectivity index (χ0v) is 10.8. The van der Waals surface area contributed by atoms with E-state index in [1.807, 2.05) is 0 Å². The second-order valence-corrected chi connectivity index (χ2v) is 6.26. The van der Waals surface area contributed by atoms with E-state index in [0.29, 0.717) is 6.04 Å². The topological polar surface area (TPSA) is 12.0 Å². The third-order valence-electron chi connectivity index (χ3n) is 2.36. The summed E-state index contributed by atoms with van der Waals surface area (Å²) in [7, 11) is 0. The Morgan fingerprint density at radius 3 is 2.86 bits per heavy atom. The Hall–Kier alpha value is 0.400. The first-order valence-corrected chi connectivity index (χ1v) is 7.54. The Kier molecular flexibility index (Phi) is 6.06. The smallest absolute Gasteiger partial charge is 0.0402 e. The summed E-state index contributed by atoms with van der Waals surface area (Å²) in [5.41, 5.74) is 1.29. The SMILES string of the molecule is C=C(C)C(NCCC)C1CSCCS1. The standard InChI is InChI=1S/C11H21NS2/c1-4-5-12-11(9(2)3)10-8-13-6-7-14-10/h10-12H,2,4-8H2,1,3H3. The Morgan fingerprint density at radius 1 is 1.57 bits per heavy atom. The summed E-state index contributed by atoms with van der Waals surface area (Å²) in [6.45, 7) is 9.57. The van der Waals surface area contributed by atoms with Crippen molar-refractivity contribution in [3.05, 3.63) is 12.2 Å². The molecule has 0 aromatic carbocycles. The zero-order chi connectivity index (χ0) is 10.4. The van der Waals surface area contributed by atoms with Gasteiger partial charge >= 0.3 is 0 Å². The van der Waals surface area contributed by atoms with Gasteiger partial charge in [-0.3, -0.25) is 0 Å². The second kappa shape index (κ2) is 6.81. The van der Waals surface area contributed by atoms with E-state index in [1.54, 1.807) is 0 Å². The van der Waals surface area contributed by atoms with Gasteiger partial charge in [-0.15, -0.1) is 0 Å². The van der Waals surface area contributed by atoms with E-state index in [1.165, 1.54) is 29.3 Å². The molecule has 1 aliphatic heterocycles. The van der Waals surface area contributed by atoms with Gasteiger partial charge in [0, 0.05) is 28.6 Å². The molecule has 1 N–H and O–H groups in total. The molecule has 1 heterocycles. The molecule has 0 aromatic heterocycles. The second-order valence-electron chi connectivity index (χ2n) is 3.76. The average molecular weight is 231 g/mol. The van der Waals surface area contributed by atoms with E-state index in [0.717, 1.165) is 11.8 Å². The summed E-state index contributed by atoms with van der Waals surface area (Å²) in [6.07, 6.45) is 1.20. The monoisotopic (exact) mass is 231 g/mol. The van der Waals surface area contributed by atoms with Crippen LogP contribution in [0.15, 0.2) is 12.2 Å². The van der Waals surface area contributed by atoms with Gasteiger partial charge in [0.15, 0.2) is 0 Å². The van der Waals surface area contributed by atoms with Gasteiger partial charge in [0.05, 0.1) is 0 Å². The molecule has 1 aliphatic rings. The molecule has 0 radical (unpaired) electrons. The van der Waals surface area contributed by atoms with Crippen LogP contribution in [0.2, 0.25) is 0 Å². The van der Waals surface area contributed by atoms with Gasteiger partial charge in [-0.05, 0) is 19.9 Å². The fraction of sp³-hybridized carbons (Fsp3) is 0.818. The molecule has 82 valence electrons. The molecule has 3 heteroatoms. The van der Waals surface area contributed by atoms with Crippen molar-refractivity contribution in [3.8, 4) is 0 Å². The molecule has 0 saturated carbocycles. The molecule has 0 aliphatic carbocycles. The van der Waals surface area contributed by atoms with Crippen molar-refractivity contribution < 1.29 is 0 Å². The molecule has 0 spiro atoms. The van der Waals surface area contributed by atoms with Gasteiger partial charge in [0.1, 0.15) is 0 Å². The molecule has 0 amide bonds. The normalized spacial score (nSPS) is 24.6. The average Bonchev–Trinajstić information content (AvgIpc) is 2.19. The van der Waals surface area contributed by atoms with E-state index >= 15 is 0 Å². The third kappa shape index (κ3) is 3.87. The number of hydrogen-bond donors (Lipinski definition) is 1. The van der Waals surface area contributed by atoms with Crippen LogP contribution in [-0.2, 0) is 0 Å². The van der Waals surface area contributed by atoms with Gasteiger partial charge in [0.25, 0.3) is 0 Å². The lowest BCUT2D eigenvalue weighted by Gasteiger charge is -2.30. The fourth-order valence-electron chi connectivity index (χ4n) is 1.62. The molecule has 1 rings (SSSR count). The number of nitrogens with one attached hydrogen (secondary N) is 1. The molecule has 1 nitrogen and oxygen atoms in total. The molecular formula is C11H21NS2. The summed E-state index contributed by atoms with van der Waals surface area (Å²) in [5, 5.41) is 4.34. The lowest BCUT2D eigenvalue weighted by Crippen LogP contribution is -2.42. The number of thioether (sulfide) groups is 2. The van der Waals surface area contributed by atoms with E-state index < -0.39 is 0 Å². The van der Waals surface area contributed by atoms with Gasteiger partial charge < -0.3 is 5.32 Å². The van der Waals surface area contributed by atoms with E-state index in [9.17, 15) is 0 Å².